The highest BCUT2D eigenvalue weighted by Gasteiger charge is 2.39. The van der Waals surface area contributed by atoms with Crippen LogP contribution in [0.2, 0.25) is 0 Å². The van der Waals surface area contributed by atoms with E-state index in [1.165, 1.54) is 18.6 Å². The average molecular weight is 467 g/mol. The second-order valence-electron chi connectivity index (χ2n) is 9.98. The van der Waals surface area contributed by atoms with Crippen LogP contribution in [0, 0.1) is 29.0 Å². The van der Waals surface area contributed by atoms with E-state index in [0.29, 0.717) is 30.5 Å². The lowest BCUT2D eigenvalue weighted by molar-refractivity contribution is -0.141. The number of amides is 1. The van der Waals surface area contributed by atoms with Crippen molar-refractivity contribution in [1.29, 1.82) is 5.26 Å². The third-order valence-electron chi connectivity index (χ3n) is 7.90. The third kappa shape index (κ3) is 5.02. The van der Waals surface area contributed by atoms with E-state index in [2.05, 4.69) is 11.4 Å². The van der Waals surface area contributed by atoms with Gasteiger partial charge in [-0.2, -0.15) is 5.26 Å². The van der Waals surface area contributed by atoms with Gasteiger partial charge in [0.05, 0.1) is 11.6 Å². The molecule has 1 amide bonds. The Morgan fingerprint density at radius 1 is 1.21 bits per heavy atom. The van der Waals surface area contributed by atoms with Gasteiger partial charge in [-0.15, -0.1) is 0 Å². The van der Waals surface area contributed by atoms with E-state index >= 15 is 0 Å². The minimum atomic E-state index is -0.366. The van der Waals surface area contributed by atoms with Crippen molar-refractivity contribution in [1.82, 2.24) is 14.8 Å². The summed E-state index contributed by atoms with van der Waals surface area (Å²) in [7, 11) is 1.78. The van der Waals surface area contributed by atoms with E-state index in [4.69, 9.17) is 0 Å². The molecule has 0 spiro atoms. The Labute approximate surface area is 201 Å². The van der Waals surface area contributed by atoms with Crippen LogP contribution in [0.25, 0.3) is 10.9 Å². The molecule has 182 valence electrons. The zero-order chi connectivity index (χ0) is 24.2. The number of likely N-dealkylation sites (tertiary alicyclic amines) is 1. The highest BCUT2D eigenvalue weighted by atomic mass is 19.1. The van der Waals surface area contributed by atoms with E-state index in [9.17, 15) is 19.2 Å². The summed E-state index contributed by atoms with van der Waals surface area (Å²) in [6.45, 7) is 3.12. The highest BCUT2D eigenvalue weighted by Crippen LogP contribution is 2.35. The molecule has 34 heavy (non-hydrogen) atoms. The average Bonchev–Trinajstić information content (AvgIpc) is 3.46. The molecule has 0 bridgehead atoms. The first-order valence-corrected chi connectivity index (χ1v) is 12.6. The Kier molecular flexibility index (Phi) is 7.67. The van der Waals surface area contributed by atoms with Crippen molar-refractivity contribution in [3.63, 3.8) is 0 Å². The SMILES string of the molecule is CNC(C)C(=O)CC(C(=O)N1CCCC1Cn1cc(C#N)c2cc(F)ccc21)C1CCCCC1. The third-order valence-corrected chi connectivity index (χ3v) is 7.90. The Morgan fingerprint density at radius 3 is 2.68 bits per heavy atom. The number of nitrogens with one attached hydrogen (secondary N) is 1. The van der Waals surface area contributed by atoms with Crippen LogP contribution < -0.4 is 5.32 Å². The van der Waals surface area contributed by atoms with Gasteiger partial charge in [-0.05, 0) is 63.8 Å². The number of likely N-dealkylation sites (N-methyl/N-ethyl adjacent to an activating group) is 1. The molecule has 1 N–H and O–H groups in total. The molecule has 1 saturated heterocycles. The fraction of sp³-hybridized carbons (Fsp3) is 0.593. The monoisotopic (exact) mass is 466 g/mol. The maximum Gasteiger partial charge on any atom is 0.226 e. The molecule has 1 aliphatic heterocycles. The molecule has 1 aromatic heterocycles. The second-order valence-corrected chi connectivity index (χ2v) is 9.98. The van der Waals surface area contributed by atoms with Crippen molar-refractivity contribution in [2.75, 3.05) is 13.6 Å². The number of aromatic nitrogens is 1. The molecular weight excluding hydrogens is 431 g/mol. The van der Waals surface area contributed by atoms with Crippen LogP contribution in [0.3, 0.4) is 0 Å². The minimum Gasteiger partial charge on any atom is -0.344 e. The summed E-state index contributed by atoms with van der Waals surface area (Å²) in [5, 5.41) is 13.1. The highest BCUT2D eigenvalue weighted by molar-refractivity contribution is 5.90. The number of hydrogen-bond donors (Lipinski definition) is 1. The molecule has 3 atom stereocenters. The molecule has 1 aromatic carbocycles. The molecule has 6 nitrogen and oxygen atoms in total. The van der Waals surface area contributed by atoms with Gasteiger partial charge in [0.2, 0.25) is 5.91 Å². The van der Waals surface area contributed by atoms with Crippen molar-refractivity contribution < 1.29 is 14.0 Å². The number of nitrogens with zero attached hydrogens (tertiary/aromatic N) is 3. The summed E-state index contributed by atoms with van der Waals surface area (Å²) in [6.07, 6.45) is 9.33. The second kappa shape index (κ2) is 10.7. The zero-order valence-corrected chi connectivity index (χ0v) is 20.2. The minimum absolute atomic E-state index is 0.00242. The van der Waals surface area contributed by atoms with Crippen molar-refractivity contribution in [3.8, 4) is 6.07 Å². The molecule has 1 saturated carbocycles. The van der Waals surface area contributed by atoms with E-state index in [0.717, 1.165) is 44.0 Å². The first-order chi connectivity index (χ1) is 16.4. The fourth-order valence-electron chi connectivity index (χ4n) is 5.81. The van der Waals surface area contributed by atoms with E-state index in [1.807, 2.05) is 16.4 Å². The van der Waals surface area contributed by atoms with E-state index < -0.39 is 0 Å². The first-order valence-electron chi connectivity index (χ1n) is 12.6. The summed E-state index contributed by atoms with van der Waals surface area (Å²) in [5.74, 6) is -0.172. The Morgan fingerprint density at radius 2 is 1.97 bits per heavy atom. The standard InChI is InChI=1S/C27H35FN4O2/c1-18(30-2)26(33)14-24(19-7-4-3-5-8-19)27(34)32-12-6-9-22(32)17-31-16-20(15-29)23-13-21(28)10-11-25(23)31/h10-11,13,16,18-19,22,24,30H,3-9,12,14,17H2,1-2H3. The van der Waals surface area contributed by atoms with Crippen LogP contribution in [0.15, 0.2) is 24.4 Å². The molecule has 2 heterocycles. The number of carbonyl (C=O) groups is 2. The smallest absolute Gasteiger partial charge is 0.226 e. The molecule has 4 rings (SSSR count). The number of carbonyl (C=O) groups excluding carboxylic acids is 2. The summed E-state index contributed by atoms with van der Waals surface area (Å²) in [5.41, 5.74) is 1.25. The van der Waals surface area contributed by atoms with E-state index in [-0.39, 0.29) is 41.4 Å². The van der Waals surface area contributed by atoms with Crippen molar-refractivity contribution in [2.24, 2.45) is 11.8 Å². The lowest BCUT2D eigenvalue weighted by atomic mass is 9.76. The zero-order valence-electron chi connectivity index (χ0n) is 20.2. The number of rotatable bonds is 8. The molecule has 2 fully saturated rings. The maximum atomic E-state index is 13.9. The molecule has 0 radical (unpaired) electrons. The number of ketones is 1. The van der Waals surface area contributed by atoms with Crippen molar-refractivity contribution in [3.05, 3.63) is 35.8 Å². The van der Waals surface area contributed by atoms with Gasteiger partial charge in [-0.3, -0.25) is 9.59 Å². The molecule has 2 aromatic rings. The number of fused-ring (bicyclic) bond motifs is 1. The summed E-state index contributed by atoms with van der Waals surface area (Å²) >= 11 is 0. The van der Waals surface area contributed by atoms with Gasteiger partial charge in [0.15, 0.2) is 0 Å². The molecule has 3 unspecified atom stereocenters. The van der Waals surface area contributed by atoms with Crippen LogP contribution in [0.1, 0.15) is 63.9 Å². The molecule has 7 heteroatoms. The number of Topliss-reactive ketones (excluding diaryl/α,β-unsaturated/α-hetero) is 1. The lowest BCUT2D eigenvalue weighted by Gasteiger charge is -2.35. The quantitative estimate of drug-likeness (QED) is 0.625. The van der Waals surface area contributed by atoms with Crippen LogP contribution in [-0.4, -0.2) is 46.8 Å². The Hall–Kier alpha value is -2.72. The van der Waals surface area contributed by atoms with Gasteiger partial charge in [0.1, 0.15) is 17.7 Å². The van der Waals surface area contributed by atoms with Crippen molar-refractivity contribution in [2.45, 2.75) is 76.9 Å². The Balaban J connectivity index is 1.57. The largest absolute Gasteiger partial charge is 0.344 e. The number of hydrogen-bond acceptors (Lipinski definition) is 4. The van der Waals surface area contributed by atoms with Crippen LogP contribution in [0.4, 0.5) is 4.39 Å². The summed E-state index contributed by atoms with van der Waals surface area (Å²) in [4.78, 5) is 28.7. The number of halogens is 1. The number of nitriles is 1. The van der Waals surface area contributed by atoms with Crippen LogP contribution in [0.5, 0.6) is 0 Å². The number of benzene rings is 1. The van der Waals surface area contributed by atoms with Gasteiger partial charge in [0, 0.05) is 48.6 Å². The maximum absolute atomic E-state index is 13.9. The van der Waals surface area contributed by atoms with E-state index in [1.54, 1.807) is 19.3 Å². The fourth-order valence-corrected chi connectivity index (χ4v) is 5.81. The molecule has 2 aliphatic rings. The summed E-state index contributed by atoms with van der Waals surface area (Å²) < 4.78 is 15.8. The summed E-state index contributed by atoms with van der Waals surface area (Å²) in [6, 6.07) is 6.42. The van der Waals surface area contributed by atoms with Gasteiger partial charge in [-0.1, -0.05) is 19.3 Å². The predicted molar refractivity (Wildman–Crippen MR) is 130 cm³/mol. The van der Waals surface area contributed by atoms with Gasteiger partial charge >= 0.3 is 0 Å². The van der Waals surface area contributed by atoms with Crippen LogP contribution >= 0.6 is 0 Å². The van der Waals surface area contributed by atoms with Gasteiger partial charge in [-0.25, -0.2) is 4.39 Å². The molecule has 1 aliphatic carbocycles. The Bertz CT molecular complexity index is 1080. The normalized spacial score (nSPS) is 20.9. The first kappa shape index (κ1) is 24.4. The molecular formula is C27H35FN4O2. The van der Waals surface area contributed by atoms with Gasteiger partial charge in [0.25, 0.3) is 0 Å². The predicted octanol–water partition coefficient (Wildman–Crippen LogP) is 4.41. The topological polar surface area (TPSA) is 78.1 Å². The van der Waals surface area contributed by atoms with Crippen LogP contribution in [-0.2, 0) is 16.1 Å². The van der Waals surface area contributed by atoms with Gasteiger partial charge < -0.3 is 14.8 Å². The van der Waals surface area contributed by atoms with Crippen molar-refractivity contribution >= 4 is 22.6 Å². The lowest BCUT2D eigenvalue weighted by Crippen LogP contribution is -2.45.